The molecule has 0 spiro atoms. The van der Waals surface area contributed by atoms with Gasteiger partial charge in [-0.2, -0.15) is 0 Å². The SMILES string of the molecule is CC=[N+](c1ccccn1)c1c(C)cc(-c2ccc(C)cc2)cc1C. The molecule has 0 saturated carbocycles. The van der Waals surface area contributed by atoms with Crippen LogP contribution in [0, 0.1) is 20.8 Å². The Labute approximate surface area is 144 Å². The van der Waals surface area contributed by atoms with Gasteiger partial charge in [0.15, 0.2) is 0 Å². The van der Waals surface area contributed by atoms with E-state index in [0.29, 0.717) is 0 Å². The number of rotatable bonds is 3. The number of aryl methyl sites for hydroxylation is 3. The zero-order chi connectivity index (χ0) is 17.1. The average molecular weight is 315 g/mol. The molecule has 0 aliphatic carbocycles. The first-order valence-corrected chi connectivity index (χ1v) is 8.28. The third kappa shape index (κ3) is 3.13. The van der Waals surface area contributed by atoms with Gasteiger partial charge >= 0.3 is 5.82 Å². The zero-order valence-electron chi connectivity index (χ0n) is 14.7. The van der Waals surface area contributed by atoms with E-state index in [9.17, 15) is 0 Å². The molecule has 2 nitrogen and oxygen atoms in total. The van der Waals surface area contributed by atoms with Gasteiger partial charge in [-0.25, -0.2) is 4.58 Å². The minimum Gasteiger partial charge on any atom is -0.200 e. The highest BCUT2D eigenvalue weighted by molar-refractivity contribution is 5.75. The van der Waals surface area contributed by atoms with Crippen molar-refractivity contribution in [2.45, 2.75) is 27.7 Å². The van der Waals surface area contributed by atoms with Crippen LogP contribution in [0.25, 0.3) is 11.1 Å². The van der Waals surface area contributed by atoms with E-state index in [-0.39, 0.29) is 0 Å². The van der Waals surface area contributed by atoms with E-state index >= 15 is 0 Å². The molecule has 0 atom stereocenters. The van der Waals surface area contributed by atoms with Crippen molar-refractivity contribution in [1.29, 1.82) is 0 Å². The van der Waals surface area contributed by atoms with Gasteiger partial charge in [0.2, 0.25) is 0 Å². The van der Waals surface area contributed by atoms with Crippen LogP contribution in [0.3, 0.4) is 0 Å². The fraction of sp³-hybridized carbons (Fsp3) is 0.182. The van der Waals surface area contributed by atoms with Gasteiger partial charge in [0.25, 0.3) is 0 Å². The molecule has 1 aromatic heterocycles. The van der Waals surface area contributed by atoms with Crippen molar-refractivity contribution in [1.82, 2.24) is 9.56 Å². The van der Waals surface area contributed by atoms with E-state index in [1.54, 1.807) is 0 Å². The van der Waals surface area contributed by atoms with Crippen molar-refractivity contribution >= 4 is 17.7 Å². The maximum absolute atomic E-state index is 4.49. The monoisotopic (exact) mass is 315 g/mol. The number of nitrogens with zero attached hydrogens (tertiary/aromatic N) is 2. The topological polar surface area (TPSA) is 15.9 Å². The summed E-state index contributed by atoms with van der Waals surface area (Å²) in [4.78, 5) is 4.49. The normalized spacial score (nSPS) is 11.6. The summed E-state index contributed by atoms with van der Waals surface area (Å²) in [5, 5.41) is 0. The second kappa shape index (κ2) is 6.79. The molecule has 0 bridgehead atoms. The Morgan fingerprint density at radius 3 is 2.04 bits per heavy atom. The Morgan fingerprint density at radius 2 is 1.50 bits per heavy atom. The largest absolute Gasteiger partial charge is 0.327 e. The van der Waals surface area contributed by atoms with Gasteiger partial charge in [0.1, 0.15) is 11.9 Å². The van der Waals surface area contributed by atoms with E-state index < -0.39 is 0 Å². The van der Waals surface area contributed by atoms with Gasteiger partial charge in [0, 0.05) is 6.07 Å². The van der Waals surface area contributed by atoms with Crippen molar-refractivity contribution in [3.05, 3.63) is 77.5 Å². The van der Waals surface area contributed by atoms with Crippen LogP contribution in [0.2, 0.25) is 0 Å². The van der Waals surface area contributed by atoms with Gasteiger partial charge in [0.05, 0.1) is 6.21 Å². The summed E-state index contributed by atoms with van der Waals surface area (Å²) < 4.78 is 2.16. The summed E-state index contributed by atoms with van der Waals surface area (Å²) in [6.45, 7) is 8.49. The summed E-state index contributed by atoms with van der Waals surface area (Å²) in [7, 11) is 0. The van der Waals surface area contributed by atoms with Crippen molar-refractivity contribution in [3.63, 3.8) is 0 Å². The fourth-order valence-electron chi connectivity index (χ4n) is 3.12. The van der Waals surface area contributed by atoms with Crippen LogP contribution in [0.1, 0.15) is 23.6 Å². The summed E-state index contributed by atoms with van der Waals surface area (Å²) in [5.41, 5.74) is 7.48. The molecule has 0 fully saturated rings. The molecule has 0 radical (unpaired) electrons. The number of benzene rings is 2. The summed E-state index contributed by atoms with van der Waals surface area (Å²) in [6, 6.07) is 19.2. The van der Waals surface area contributed by atoms with Crippen LogP contribution in [0.4, 0.5) is 11.5 Å². The Hall–Kier alpha value is -2.74. The second-order valence-electron chi connectivity index (χ2n) is 6.14. The highest BCUT2D eigenvalue weighted by Crippen LogP contribution is 2.31. The third-order valence-corrected chi connectivity index (χ3v) is 4.27. The van der Waals surface area contributed by atoms with Crippen molar-refractivity contribution in [2.75, 3.05) is 0 Å². The van der Waals surface area contributed by atoms with Crippen molar-refractivity contribution in [3.8, 4) is 11.1 Å². The van der Waals surface area contributed by atoms with E-state index in [1.807, 2.05) is 31.3 Å². The van der Waals surface area contributed by atoms with Gasteiger partial charge < -0.3 is 0 Å². The van der Waals surface area contributed by atoms with Crippen molar-refractivity contribution in [2.24, 2.45) is 0 Å². The molecule has 0 saturated heterocycles. The lowest BCUT2D eigenvalue weighted by Crippen LogP contribution is -2.09. The Kier molecular flexibility index (Phi) is 4.57. The lowest BCUT2D eigenvalue weighted by Gasteiger charge is -2.13. The van der Waals surface area contributed by atoms with Gasteiger partial charge in [-0.1, -0.05) is 35.9 Å². The van der Waals surface area contributed by atoms with Crippen molar-refractivity contribution < 1.29 is 0 Å². The standard InChI is InChI=1S/C22H23N2/c1-5-24(21-8-6-7-13-23-21)22-17(3)14-20(15-18(22)4)19-11-9-16(2)10-12-19/h5-15H,1-4H3/q+1. The van der Waals surface area contributed by atoms with Crippen LogP contribution >= 0.6 is 0 Å². The molecule has 0 aliphatic rings. The summed E-state index contributed by atoms with van der Waals surface area (Å²) in [6.07, 6.45) is 3.90. The van der Waals surface area contributed by atoms with Crippen LogP contribution in [-0.4, -0.2) is 11.2 Å². The predicted octanol–water partition coefficient (Wildman–Crippen LogP) is 5.60. The van der Waals surface area contributed by atoms with Crippen LogP contribution in [0.5, 0.6) is 0 Å². The first-order chi connectivity index (χ1) is 11.6. The first-order valence-electron chi connectivity index (χ1n) is 8.28. The Bertz CT molecular complexity index is 853. The highest BCUT2D eigenvalue weighted by atomic mass is 15.1. The second-order valence-corrected chi connectivity index (χ2v) is 6.14. The first kappa shape index (κ1) is 16.1. The maximum atomic E-state index is 4.49. The Morgan fingerprint density at radius 1 is 0.833 bits per heavy atom. The van der Waals surface area contributed by atoms with Crippen LogP contribution in [0.15, 0.2) is 60.8 Å². The third-order valence-electron chi connectivity index (χ3n) is 4.27. The van der Waals surface area contributed by atoms with Gasteiger partial charge in [-0.05, 0) is 73.1 Å². The summed E-state index contributed by atoms with van der Waals surface area (Å²) in [5.74, 6) is 0.939. The number of hydrogen-bond donors (Lipinski definition) is 0. The lowest BCUT2D eigenvalue weighted by atomic mass is 9.98. The molecule has 1 heterocycles. The molecule has 0 unspecified atom stereocenters. The van der Waals surface area contributed by atoms with Crippen LogP contribution < -0.4 is 4.58 Å². The molecule has 2 aromatic carbocycles. The number of aromatic nitrogens is 1. The molecule has 120 valence electrons. The molecule has 24 heavy (non-hydrogen) atoms. The molecule has 3 aromatic rings. The predicted molar refractivity (Wildman–Crippen MR) is 104 cm³/mol. The molecule has 3 rings (SSSR count). The molecular weight excluding hydrogens is 292 g/mol. The van der Waals surface area contributed by atoms with Gasteiger partial charge in [-0.3, -0.25) is 0 Å². The molecule has 0 N–H and O–H groups in total. The minimum absolute atomic E-state index is 0.939. The van der Waals surface area contributed by atoms with E-state index in [0.717, 1.165) is 5.82 Å². The average Bonchev–Trinajstić information content (AvgIpc) is 2.59. The van der Waals surface area contributed by atoms with Crippen LogP contribution in [-0.2, 0) is 0 Å². The molecule has 2 heteroatoms. The Balaban J connectivity index is 2.09. The lowest BCUT2D eigenvalue weighted by molar-refractivity contribution is 1.00. The highest BCUT2D eigenvalue weighted by Gasteiger charge is 2.17. The maximum Gasteiger partial charge on any atom is 0.327 e. The minimum atomic E-state index is 0.939. The quantitative estimate of drug-likeness (QED) is 0.454. The fourth-order valence-corrected chi connectivity index (χ4v) is 3.12. The van der Waals surface area contributed by atoms with E-state index in [2.05, 4.69) is 72.9 Å². The molecular formula is C22H23N2+. The number of hydrogen-bond acceptors (Lipinski definition) is 1. The zero-order valence-corrected chi connectivity index (χ0v) is 14.7. The van der Waals surface area contributed by atoms with Gasteiger partial charge in [-0.15, -0.1) is 0 Å². The summed E-state index contributed by atoms with van der Waals surface area (Å²) >= 11 is 0. The van der Waals surface area contributed by atoms with E-state index in [1.165, 1.54) is 33.5 Å². The smallest absolute Gasteiger partial charge is 0.200 e. The molecule has 0 aliphatic heterocycles. The van der Waals surface area contributed by atoms with E-state index in [4.69, 9.17) is 0 Å². The molecule has 0 amide bonds. The number of pyridine rings is 1.